The lowest BCUT2D eigenvalue weighted by atomic mass is 10.1. The number of carbonyl (C=O) groups excluding carboxylic acids is 1. The Morgan fingerprint density at radius 3 is 2.50 bits per heavy atom. The fourth-order valence-corrected chi connectivity index (χ4v) is 3.12. The summed E-state index contributed by atoms with van der Waals surface area (Å²) in [5, 5.41) is 0. The number of halogens is 1. The van der Waals surface area contributed by atoms with Crippen LogP contribution in [0.4, 0.5) is 4.39 Å². The maximum Gasteiger partial charge on any atom is 0.227 e. The highest BCUT2D eigenvalue weighted by Crippen LogP contribution is 2.13. The maximum absolute atomic E-state index is 13.2. The normalized spacial score (nSPS) is 15.5. The van der Waals surface area contributed by atoms with Gasteiger partial charge in [-0.2, -0.15) is 0 Å². The van der Waals surface area contributed by atoms with Crippen LogP contribution in [0.5, 0.6) is 0 Å². The van der Waals surface area contributed by atoms with Crippen LogP contribution >= 0.6 is 0 Å². The summed E-state index contributed by atoms with van der Waals surface area (Å²) in [5.41, 5.74) is 3.39. The molecule has 1 aliphatic heterocycles. The Kier molecular flexibility index (Phi) is 5.26. The van der Waals surface area contributed by atoms with E-state index in [0.29, 0.717) is 0 Å². The smallest absolute Gasteiger partial charge is 0.227 e. The minimum Gasteiger partial charge on any atom is -0.340 e. The molecular weight excluding hydrogens is 303 g/mol. The Morgan fingerprint density at radius 1 is 1.04 bits per heavy atom. The van der Waals surface area contributed by atoms with E-state index in [1.54, 1.807) is 12.1 Å². The van der Waals surface area contributed by atoms with E-state index >= 15 is 0 Å². The molecule has 2 aromatic carbocycles. The molecule has 0 saturated carbocycles. The summed E-state index contributed by atoms with van der Waals surface area (Å²) < 4.78 is 13.2. The van der Waals surface area contributed by atoms with Crippen molar-refractivity contribution in [1.82, 2.24) is 9.80 Å². The van der Waals surface area contributed by atoms with Gasteiger partial charge in [0.25, 0.3) is 0 Å². The second-order valence-corrected chi connectivity index (χ2v) is 6.39. The van der Waals surface area contributed by atoms with Crippen molar-refractivity contribution >= 4 is 5.91 Å². The molecule has 126 valence electrons. The molecule has 4 heteroatoms. The summed E-state index contributed by atoms with van der Waals surface area (Å²) >= 11 is 0. The molecule has 0 N–H and O–H groups in total. The highest BCUT2D eigenvalue weighted by atomic mass is 19.1. The third-order valence-corrected chi connectivity index (χ3v) is 4.62. The van der Waals surface area contributed by atoms with Crippen molar-refractivity contribution in [2.24, 2.45) is 0 Å². The molecule has 0 spiro atoms. The molecular formula is C20H23FN2O. The van der Waals surface area contributed by atoms with Crippen molar-refractivity contribution in [2.45, 2.75) is 19.9 Å². The summed E-state index contributed by atoms with van der Waals surface area (Å²) in [6.07, 6.45) is 0.273. The van der Waals surface area contributed by atoms with Gasteiger partial charge in [-0.1, -0.05) is 36.4 Å². The molecule has 1 fully saturated rings. The minimum atomic E-state index is -0.289. The van der Waals surface area contributed by atoms with Gasteiger partial charge in [-0.05, 0) is 35.7 Å². The van der Waals surface area contributed by atoms with E-state index in [4.69, 9.17) is 0 Å². The Balaban J connectivity index is 1.51. The van der Waals surface area contributed by atoms with Gasteiger partial charge >= 0.3 is 0 Å². The zero-order chi connectivity index (χ0) is 16.9. The number of hydrogen-bond acceptors (Lipinski definition) is 2. The molecule has 1 aliphatic rings. The lowest BCUT2D eigenvalue weighted by Gasteiger charge is -2.35. The van der Waals surface area contributed by atoms with E-state index in [2.05, 4.69) is 36.1 Å². The number of amides is 1. The van der Waals surface area contributed by atoms with Crippen LogP contribution in [0, 0.1) is 12.7 Å². The Hall–Kier alpha value is -2.20. The minimum absolute atomic E-state index is 0.0798. The topological polar surface area (TPSA) is 23.6 Å². The molecule has 2 aromatic rings. The molecule has 0 atom stereocenters. The number of rotatable bonds is 4. The largest absolute Gasteiger partial charge is 0.340 e. The first kappa shape index (κ1) is 16.7. The average Bonchev–Trinajstić information content (AvgIpc) is 2.57. The number of benzene rings is 2. The number of hydrogen-bond donors (Lipinski definition) is 0. The second-order valence-electron chi connectivity index (χ2n) is 6.39. The third-order valence-electron chi connectivity index (χ3n) is 4.62. The quantitative estimate of drug-likeness (QED) is 0.862. The zero-order valence-electron chi connectivity index (χ0n) is 14.0. The highest BCUT2D eigenvalue weighted by Gasteiger charge is 2.21. The van der Waals surface area contributed by atoms with Gasteiger partial charge in [-0.15, -0.1) is 0 Å². The maximum atomic E-state index is 13.2. The summed E-state index contributed by atoms with van der Waals surface area (Å²) in [4.78, 5) is 16.7. The average molecular weight is 326 g/mol. The van der Waals surface area contributed by atoms with Crippen LogP contribution in [0.25, 0.3) is 0 Å². The fraction of sp³-hybridized carbons (Fsp3) is 0.350. The molecule has 24 heavy (non-hydrogen) atoms. The van der Waals surface area contributed by atoms with Crippen LogP contribution in [-0.4, -0.2) is 41.9 Å². The van der Waals surface area contributed by atoms with Gasteiger partial charge in [-0.3, -0.25) is 9.69 Å². The fourth-order valence-electron chi connectivity index (χ4n) is 3.12. The van der Waals surface area contributed by atoms with E-state index in [-0.39, 0.29) is 18.1 Å². The molecule has 0 aromatic heterocycles. The predicted molar refractivity (Wildman–Crippen MR) is 93.1 cm³/mol. The van der Waals surface area contributed by atoms with E-state index in [9.17, 15) is 9.18 Å². The molecule has 0 bridgehead atoms. The Morgan fingerprint density at radius 2 is 1.79 bits per heavy atom. The number of aryl methyl sites for hydroxylation is 1. The van der Waals surface area contributed by atoms with Crippen LogP contribution in [0.2, 0.25) is 0 Å². The first-order chi connectivity index (χ1) is 11.6. The Labute approximate surface area is 142 Å². The Bertz CT molecular complexity index is 708. The number of carbonyl (C=O) groups is 1. The molecule has 1 heterocycles. The van der Waals surface area contributed by atoms with E-state index < -0.39 is 0 Å². The predicted octanol–water partition coefficient (Wildman–Crippen LogP) is 3.02. The molecule has 1 saturated heterocycles. The summed E-state index contributed by atoms with van der Waals surface area (Å²) in [5.74, 6) is -0.209. The SMILES string of the molecule is Cc1ccccc1CN1CCN(C(=O)Cc2cccc(F)c2)CC1. The second kappa shape index (κ2) is 7.58. The first-order valence-electron chi connectivity index (χ1n) is 8.41. The van der Waals surface area contributed by atoms with Crippen molar-refractivity contribution in [3.63, 3.8) is 0 Å². The first-order valence-corrected chi connectivity index (χ1v) is 8.41. The molecule has 0 radical (unpaired) electrons. The number of piperazine rings is 1. The van der Waals surface area contributed by atoms with Crippen molar-refractivity contribution in [3.05, 3.63) is 71.0 Å². The lowest BCUT2D eigenvalue weighted by molar-refractivity contribution is -0.132. The van der Waals surface area contributed by atoms with Gasteiger partial charge in [0, 0.05) is 32.7 Å². The van der Waals surface area contributed by atoms with E-state index in [1.807, 2.05) is 4.90 Å². The lowest BCUT2D eigenvalue weighted by Crippen LogP contribution is -2.48. The summed E-state index contributed by atoms with van der Waals surface area (Å²) in [6.45, 7) is 6.29. The molecule has 1 amide bonds. The van der Waals surface area contributed by atoms with Crippen molar-refractivity contribution in [2.75, 3.05) is 26.2 Å². The van der Waals surface area contributed by atoms with Crippen LogP contribution < -0.4 is 0 Å². The van der Waals surface area contributed by atoms with Gasteiger partial charge in [0.05, 0.1) is 6.42 Å². The van der Waals surface area contributed by atoms with Gasteiger partial charge < -0.3 is 4.90 Å². The van der Waals surface area contributed by atoms with Crippen LogP contribution in [-0.2, 0) is 17.8 Å². The van der Waals surface area contributed by atoms with Crippen molar-refractivity contribution in [3.8, 4) is 0 Å². The molecule has 0 aliphatic carbocycles. The standard InChI is InChI=1S/C20H23FN2O/c1-16-5-2-3-7-18(16)15-22-9-11-23(12-10-22)20(24)14-17-6-4-8-19(21)13-17/h2-8,13H,9-12,14-15H2,1H3. The number of nitrogens with zero attached hydrogens (tertiary/aromatic N) is 2. The molecule has 3 rings (SSSR count). The van der Waals surface area contributed by atoms with Gasteiger partial charge in [0.15, 0.2) is 0 Å². The van der Waals surface area contributed by atoms with Gasteiger partial charge in [0.2, 0.25) is 5.91 Å². The molecule has 3 nitrogen and oxygen atoms in total. The summed E-state index contributed by atoms with van der Waals surface area (Å²) in [7, 11) is 0. The van der Waals surface area contributed by atoms with Crippen LogP contribution in [0.3, 0.4) is 0 Å². The van der Waals surface area contributed by atoms with Crippen molar-refractivity contribution in [1.29, 1.82) is 0 Å². The summed E-state index contributed by atoms with van der Waals surface area (Å²) in [6, 6.07) is 14.7. The van der Waals surface area contributed by atoms with Gasteiger partial charge in [0.1, 0.15) is 5.82 Å². The molecule has 0 unspecified atom stereocenters. The van der Waals surface area contributed by atoms with Gasteiger partial charge in [-0.25, -0.2) is 4.39 Å². The highest BCUT2D eigenvalue weighted by molar-refractivity contribution is 5.78. The van der Waals surface area contributed by atoms with Crippen molar-refractivity contribution < 1.29 is 9.18 Å². The third kappa shape index (κ3) is 4.20. The van der Waals surface area contributed by atoms with E-state index in [0.717, 1.165) is 38.3 Å². The van der Waals surface area contributed by atoms with Crippen LogP contribution in [0.15, 0.2) is 48.5 Å². The monoisotopic (exact) mass is 326 g/mol. The zero-order valence-corrected chi connectivity index (χ0v) is 14.0. The van der Waals surface area contributed by atoms with Crippen LogP contribution in [0.1, 0.15) is 16.7 Å². The van der Waals surface area contributed by atoms with E-state index in [1.165, 1.54) is 23.3 Å².